The van der Waals surface area contributed by atoms with Crippen molar-refractivity contribution in [3.63, 3.8) is 0 Å². The van der Waals surface area contributed by atoms with Gasteiger partial charge in [-0.15, -0.1) is 0 Å². The first-order valence-corrected chi connectivity index (χ1v) is 3.40. The maximum atomic E-state index is 12.1. The molecular weight excluding hydrogens is 249 g/mol. The topological polar surface area (TPSA) is 0 Å². The molecule has 0 nitrogen and oxygen atoms in total. The van der Waals surface area contributed by atoms with Crippen molar-refractivity contribution in [2.45, 2.75) is 12.1 Å². The van der Waals surface area contributed by atoms with Gasteiger partial charge in [-0.3, -0.25) is 0 Å². The van der Waals surface area contributed by atoms with Crippen LogP contribution in [0.15, 0.2) is 9.52 Å². The first-order valence-electron chi connectivity index (χ1n) is 2.26. The largest absolute Gasteiger partial charge is 0.459 e. The third-order valence-electron chi connectivity index (χ3n) is 0.798. The first kappa shape index (κ1) is 12.3. The molecule has 0 bridgehead atoms. The van der Waals surface area contributed by atoms with E-state index in [9.17, 15) is 22.0 Å². The Bertz CT molecular complexity index is 201. The van der Waals surface area contributed by atoms with Gasteiger partial charge in [-0.05, 0) is 0 Å². The molecule has 0 spiro atoms. The van der Waals surface area contributed by atoms with Gasteiger partial charge in [-0.1, -0.05) is 34.8 Å². The van der Waals surface area contributed by atoms with Gasteiger partial charge in [0.25, 0.3) is 0 Å². The summed E-state index contributed by atoms with van der Waals surface area (Å²) in [6, 6.07) is 0. The third-order valence-corrected chi connectivity index (χ3v) is 1.80. The minimum Gasteiger partial charge on any atom is -0.190 e. The smallest absolute Gasteiger partial charge is 0.190 e. The van der Waals surface area contributed by atoms with Crippen LogP contribution in [-0.4, -0.2) is 12.1 Å². The van der Waals surface area contributed by atoms with E-state index >= 15 is 0 Å². The second-order valence-electron chi connectivity index (χ2n) is 1.65. The first-order chi connectivity index (χ1) is 5.10. The Balaban J connectivity index is 5.01. The van der Waals surface area contributed by atoms with Crippen molar-refractivity contribution >= 4 is 34.8 Å². The van der Waals surface area contributed by atoms with Crippen molar-refractivity contribution in [1.82, 2.24) is 0 Å². The highest BCUT2D eigenvalue weighted by atomic mass is 35.5. The molecule has 12 heavy (non-hydrogen) atoms. The van der Waals surface area contributed by atoms with Crippen LogP contribution in [0.5, 0.6) is 0 Å². The highest BCUT2D eigenvalue weighted by molar-refractivity contribution is 6.59. The zero-order valence-electron chi connectivity index (χ0n) is 5.02. The summed E-state index contributed by atoms with van der Waals surface area (Å²) in [6.45, 7) is 0. The number of rotatable bonds is 1. The van der Waals surface area contributed by atoms with E-state index in [0.29, 0.717) is 0 Å². The zero-order chi connectivity index (χ0) is 10.2. The van der Waals surface area contributed by atoms with E-state index in [-0.39, 0.29) is 0 Å². The molecular formula is C4Cl3F5. The fourth-order valence-electron chi connectivity index (χ4n) is 0.243. The van der Waals surface area contributed by atoms with E-state index in [4.69, 9.17) is 0 Å². The fourth-order valence-corrected chi connectivity index (χ4v) is 0.588. The molecule has 8 heteroatoms. The summed E-state index contributed by atoms with van der Waals surface area (Å²) in [5, 5.41) is -1.93. The van der Waals surface area contributed by atoms with E-state index in [1.54, 1.807) is 0 Å². The van der Waals surface area contributed by atoms with Crippen LogP contribution in [0.3, 0.4) is 0 Å². The second kappa shape index (κ2) is 3.55. The Kier molecular flexibility index (Phi) is 3.63. The molecule has 0 atom stereocenters. The van der Waals surface area contributed by atoms with Crippen molar-refractivity contribution in [2.24, 2.45) is 0 Å². The summed E-state index contributed by atoms with van der Waals surface area (Å²) in [7, 11) is 0. The number of allylic oxidation sites excluding steroid dienone is 1. The molecule has 0 saturated carbocycles. The van der Waals surface area contributed by atoms with Crippen LogP contribution in [0.2, 0.25) is 0 Å². The minimum atomic E-state index is -5.79. The number of hydrogen-bond donors (Lipinski definition) is 0. The Labute approximate surface area is 78.9 Å². The third kappa shape index (κ3) is 2.37. The van der Waals surface area contributed by atoms with Crippen LogP contribution in [0.25, 0.3) is 0 Å². The predicted octanol–water partition coefficient (Wildman–Crippen LogP) is 4.07. The predicted molar refractivity (Wildman–Crippen MR) is 35.6 cm³/mol. The summed E-state index contributed by atoms with van der Waals surface area (Å²) < 4.78 is 57.3. The van der Waals surface area contributed by atoms with Crippen LogP contribution in [0.1, 0.15) is 0 Å². The van der Waals surface area contributed by atoms with E-state index in [1.165, 1.54) is 0 Å². The van der Waals surface area contributed by atoms with Gasteiger partial charge in [-0.2, -0.15) is 22.0 Å². The molecule has 0 heterocycles. The molecule has 0 aliphatic carbocycles. The maximum absolute atomic E-state index is 12.1. The molecule has 0 unspecified atom stereocenters. The average molecular weight is 249 g/mol. The second-order valence-corrected chi connectivity index (χ2v) is 2.97. The number of halogens is 8. The van der Waals surface area contributed by atoms with Crippen LogP contribution in [0, 0.1) is 0 Å². The van der Waals surface area contributed by atoms with E-state index < -0.39 is 21.6 Å². The van der Waals surface area contributed by atoms with Gasteiger partial charge in [0.1, 0.15) is 9.52 Å². The molecule has 0 radical (unpaired) electrons. The SMILES string of the molecule is FC(F)(F)C(F)(F)C(Cl)=C(Cl)Cl. The minimum absolute atomic E-state index is 1.31. The molecule has 0 aliphatic heterocycles. The van der Waals surface area contributed by atoms with Crippen molar-refractivity contribution in [1.29, 1.82) is 0 Å². The molecule has 0 aliphatic rings. The maximum Gasteiger partial charge on any atom is 0.459 e. The van der Waals surface area contributed by atoms with E-state index in [1.807, 2.05) is 0 Å². The molecule has 0 amide bonds. The summed E-state index contributed by atoms with van der Waals surface area (Å²) in [5.74, 6) is -5.20. The van der Waals surface area contributed by atoms with Gasteiger partial charge in [0.15, 0.2) is 0 Å². The van der Waals surface area contributed by atoms with Crippen LogP contribution in [-0.2, 0) is 0 Å². The van der Waals surface area contributed by atoms with Gasteiger partial charge >= 0.3 is 12.1 Å². The van der Waals surface area contributed by atoms with Crippen LogP contribution >= 0.6 is 34.8 Å². The molecule has 0 saturated heterocycles. The van der Waals surface area contributed by atoms with Gasteiger partial charge in [0, 0.05) is 0 Å². The summed E-state index contributed by atoms with van der Waals surface area (Å²) in [5.41, 5.74) is 0. The van der Waals surface area contributed by atoms with Crippen molar-refractivity contribution in [2.75, 3.05) is 0 Å². The molecule has 0 aromatic rings. The van der Waals surface area contributed by atoms with Crippen molar-refractivity contribution in [3.05, 3.63) is 9.52 Å². The van der Waals surface area contributed by atoms with Gasteiger partial charge in [-0.25, -0.2) is 0 Å². The lowest BCUT2D eigenvalue weighted by molar-refractivity contribution is -0.261. The Hall–Kier alpha value is 0.260. The van der Waals surface area contributed by atoms with Crippen molar-refractivity contribution < 1.29 is 22.0 Å². The fraction of sp³-hybridized carbons (Fsp3) is 0.500. The molecule has 0 aromatic carbocycles. The van der Waals surface area contributed by atoms with Gasteiger partial charge in [0.2, 0.25) is 0 Å². The van der Waals surface area contributed by atoms with E-state index in [2.05, 4.69) is 34.8 Å². The quantitative estimate of drug-likeness (QED) is 0.615. The Morgan fingerprint density at radius 3 is 1.25 bits per heavy atom. The van der Waals surface area contributed by atoms with Gasteiger partial charge in [0.05, 0.1) is 0 Å². The molecule has 0 N–H and O–H groups in total. The van der Waals surface area contributed by atoms with Crippen LogP contribution in [0.4, 0.5) is 22.0 Å². The standard InChI is InChI=1S/C4Cl3F5/c5-1(2(6)7)3(8,9)4(10,11)12. The monoisotopic (exact) mass is 248 g/mol. The summed E-state index contributed by atoms with van der Waals surface area (Å²) in [4.78, 5) is 0. The molecule has 0 aromatic heterocycles. The molecule has 0 rings (SSSR count). The summed E-state index contributed by atoms with van der Waals surface area (Å²) >= 11 is 13.8. The van der Waals surface area contributed by atoms with Gasteiger partial charge < -0.3 is 0 Å². The highest BCUT2D eigenvalue weighted by Crippen LogP contribution is 2.44. The van der Waals surface area contributed by atoms with E-state index in [0.717, 1.165) is 0 Å². The Morgan fingerprint density at radius 2 is 1.17 bits per heavy atom. The number of hydrogen-bond acceptors (Lipinski definition) is 0. The Morgan fingerprint density at radius 1 is 0.833 bits per heavy atom. The lowest BCUT2D eigenvalue weighted by Crippen LogP contribution is -2.36. The molecule has 0 fully saturated rings. The molecule has 72 valence electrons. The zero-order valence-corrected chi connectivity index (χ0v) is 7.29. The average Bonchev–Trinajstić information content (AvgIpc) is 1.83. The lowest BCUT2D eigenvalue weighted by Gasteiger charge is -2.18. The van der Waals surface area contributed by atoms with Crippen molar-refractivity contribution in [3.8, 4) is 0 Å². The lowest BCUT2D eigenvalue weighted by atomic mass is 10.3. The highest BCUT2D eigenvalue weighted by Gasteiger charge is 2.60. The van der Waals surface area contributed by atoms with Crippen LogP contribution < -0.4 is 0 Å². The number of alkyl halides is 5. The summed E-state index contributed by atoms with van der Waals surface area (Å²) in [6.07, 6.45) is -5.79. The normalized spacial score (nSPS) is 13.0.